The van der Waals surface area contributed by atoms with Crippen LogP contribution in [0.5, 0.6) is 5.75 Å². The summed E-state index contributed by atoms with van der Waals surface area (Å²) in [4.78, 5) is 15.7. The predicted octanol–water partition coefficient (Wildman–Crippen LogP) is 4.04. The van der Waals surface area contributed by atoms with Gasteiger partial charge in [0.25, 0.3) is 0 Å². The number of ether oxygens (including phenoxy) is 1. The van der Waals surface area contributed by atoms with Crippen molar-refractivity contribution in [2.24, 2.45) is 0 Å². The fraction of sp³-hybridized carbons (Fsp3) is 0.385. The van der Waals surface area contributed by atoms with Crippen molar-refractivity contribution < 1.29 is 14.6 Å². The first-order valence-corrected chi connectivity index (χ1v) is 12.1. The molecule has 3 N–H and O–H groups in total. The number of methoxy groups -OCH3 is 1. The number of hydrogen-bond donors (Lipinski definition) is 3. The van der Waals surface area contributed by atoms with Crippen LogP contribution in [0.25, 0.3) is 10.9 Å². The Kier molecular flexibility index (Phi) is 6.76. The molecule has 2 heterocycles. The first-order chi connectivity index (χ1) is 17.1. The van der Waals surface area contributed by atoms with Crippen LogP contribution >= 0.6 is 0 Å². The van der Waals surface area contributed by atoms with Gasteiger partial charge >= 0.3 is 5.97 Å². The van der Waals surface area contributed by atoms with Crippen molar-refractivity contribution in [3.05, 3.63) is 71.7 Å². The Morgan fingerprint density at radius 2 is 1.94 bits per heavy atom. The topological polar surface area (TPSA) is 118 Å². The van der Waals surface area contributed by atoms with E-state index in [9.17, 15) is 9.90 Å². The standard InChI is InChI=1S/C26H30N6O3/c1-35-20-13-11-17(12-14-20)24(25-29-30-31-32(25)19-7-3-2-4-8-19)28-23(26(33)34)15-18-16-27-22-10-6-5-9-21(18)22/h5-6,9-14,16,19,23-24,27-28H,2-4,7-8,15H2,1H3,(H,33,34)/t23-,24?/m0/s1. The number of H-pyrrole nitrogens is 1. The summed E-state index contributed by atoms with van der Waals surface area (Å²) in [6.07, 6.45) is 7.75. The Bertz CT molecular complexity index is 1280. The number of carboxylic acid groups (broad SMARTS) is 1. The maximum atomic E-state index is 12.4. The summed E-state index contributed by atoms with van der Waals surface area (Å²) in [6.45, 7) is 0. The number of aromatic nitrogens is 5. The van der Waals surface area contributed by atoms with Crippen LogP contribution in [0.4, 0.5) is 0 Å². The van der Waals surface area contributed by atoms with Crippen molar-refractivity contribution in [3.8, 4) is 5.75 Å². The van der Waals surface area contributed by atoms with E-state index in [2.05, 4.69) is 25.8 Å². The predicted molar refractivity (Wildman–Crippen MR) is 131 cm³/mol. The molecule has 182 valence electrons. The molecule has 1 aliphatic rings. The van der Waals surface area contributed by atoms with Crippen molar-refractivity contribution >= 4 is 16.9 Å². The number of rotatable bonds is 9. The minimum absolute atomic E-state index is 0.216. The third-order valence-corrected chi connectivity index (χ3v) is 6.91. The molecular weight excluding hydrogens is 444 g/mol. The zero-order chi connectivity index (χ0) is 24.2. The van der Waals surface area contributed by atoms with Gasteiger partial charge in [-0.15, -0.1) is 5.10 Å². The maximum absolute atomic E-state index is 12.4. The summed E-state index contributed by atoms with van der Waals surface area (Å²) in [7, 11) is 1.62. The molecular formula is C26H30N6O3. The van der Waals surface area contributed by atoms with E-state index in [1.54, 1.807) is 7.11 Å². The van der Waals surface area contributed by atoms with Gasteiger partial charge in [0, 0.05) is 23.5 Å². The van der Waals surface area contributed by atoms with Gasteiger partial charge in [0.05, 0.1) is 19.2 Å². The smallest absolute Gasteiger partial charge is 0.321 e. The lowest BCUT2D eigenvalue weighted by Crippen LogP contribution is -2.42. The summed E-state index contributed by atoms with van der Waals surface area (Å²) in [5, 5.41) is 27.3. The van der Waals surface area contributed by atoms with Gasteiger partial charge in [0.2, 0.25) is 0 Å². The lowest BCUT2D eigenvalue weighted by molar-refractivity contribution is -0.139. The van der Waals surface area contributed by atoms with E-state index < -0.39 is 18.1 Å². The second-order valence-electron chi connectivity index (χ2n) is 9.10. The monoisotopic (exact) mass is 474 g/mol. The minimum Gasteiger partial charge on any atom is -0.497 e. The molecule has 35 heavy (non-hydrogen) atoms. The number of aromatic amines is 1. The molecule has 1 saturated carbocycles. The highest BCUT2D eigenvalue weighted by Gasteiger charge is 2.31. The third kappa shape index (κ3) is 4.90. The molecule has 2 aromatic heterocycles. The van der Waals surface area contributed by atoms with Gasteiger partial charge in [-0.3, -0.25) is 10.1 Å². The molecule has 1 fully saturated rings. The minimum atomic E-state index is -0.925. The van der Waals surface area contributed by atoms with Crippen LogP contribution in [-0.2, 0) is 11.2 Å². The fourth-order valence-corrected chi connectivity index (χ4v) is 5.03. The summed E-state index contributed by atoms with van der Waals surface area (Å²) >= 11 is 0. The van der Waals surface area contributed by atoms with E-state index in [1.807, 2.05) is 59.4 Å². The molecule has 0 radical (unpaired) electrons. The van der Waals surface area contributed by atoms with Crippen molar-refractivity contribution in [1.82, 2.24) is 30.5 Å². The van der Waals surface area contributed by atoms with E-state index in [1.165, 1.54) is 6.42 Å². The van der Waals surface area contributed by atoms with Crippen LogP contribution < -0.4 is 10.1 Å². The average molecular weight is 475 g/mol. The second-order valence-corrected chi connectivity index (χ2v) is 9.10. The molecule has 2 atom stereocenters. The number of aliphatic carboxylic acids is 1. The van der Waals surface area contributed by atoms with Gasteiger partial charge in [-0.2, -0.15) is 0 Å². The summed E-state index contributed by atoms with van der Waals surface area (Å²) < 4.78 is 7.22. The van der Waals surface area contributed by atoms with Gasteiger partial charge in [-0.05, 0) is 52.6 Å². The molecule has 4 aromatic rings. The number of nitrogens with zero attached hydrogens (tertiary/aromatic N) is 4. The van der Waals surface area contributed by atoms with Gasteiger partial charge in [0.1, 0.15) is 11.8 Å². The van der Waals surface area contributed by atoms with Crippen LogP contribution in [0.15, 0.2) is 54.7 Å². The molecule has 0 aliphatic heterocycles. The van der Waals surface area contributed by atoms with E-state index in [4.69, 9.17) is 4.74 Å². The average Bonchev–Trinajstić information content (AvgIpc) is 3.54. The van der Waals surface area contributed by atoms with Crippen LogP contribution in [0, 0.1) is 0 Å². The maximum Gasteiger partial charge on any atom is 0.321 e. The van der Waals surface area contributed by atoms with Gasteiger partial charge in [0.15, 0.2) is 5.82 Å². The van der Waals surface area contributed by atoms with Crippen molar-refractivity contribution in [2.75, 3.05) is 7.11 Å². The molecule has 9 nitrogen and oxygen atoms in total. The van der Waals surface area contributed by atoms with Crippen LogP contribution in [-0.4, -0.2) is 49.4 Å². The Morgan fingerprint density at radius 1 is 1.17 bits per heavy atom. The number of carboxylic acids is 1. The second kappa shape index (κ2) is 10.3. The lowest BCUT2D eigenvalue weighted by atomic mass is 9.95. The van der Waals surface area contributed by atoms with Crippen molar-refractivity contribution in [1.29, 1.82) is 0 Å². The molecule has 0 saturated heterocycles. The highest BCUT2D eigenvalue weighted by Crippen LogP contribution is 2.31. The van der Waals surface area contributed by atoms with Gasteiger partial charge in [-0.25, -0.2) is 4.68 Å². The van der Waals surface area contributed by atoms with Gasteiger partial charge < -0.3 is 14.8 Å². The zero-order valence-corrected chi connectivity index (χ0v) is 19.7. The molecule has 0 spiro atoms. The number of para-hydroxylation sites is 1. The van der Waals surface area contributed by atoms with Crippen LogP contribution in [0.2, 0.25) is 0 Å². The Labute approximate surface area is 203 Å². The van der Waals surface area contributed by atoms with E-state index in [0.29, 0.717) is 12.2 Å². The zero-order valence-electron chi connectivity index (χ0n) is 19.7. The number of nitrogens with one attached hydrogen (secondary N) is 2. The number of tetrazole rings is 1. The SMILES string of the molecule is COc1ccc(C(N[C@@H](Cc2c[nH]c3ccccc23)C(=O)O)c2nnnn2C2CCCCC2)cc1. The number of hydrogen-bond acceptors (Lipinski definition) is 6. The normalized spacial score (nSPS) is 16.3. The summed E-state index contributed by atoms with van der Waals surface area (Å²) in [5.41, 5.74) is 2.81. The van der Waals surface area contributed by atoms with Crippen molar-refractivity contribution in [2.45, 2.75) is 56.7 Å². The lowest BCUT2D eigenvalue weighted by Gasteiger charge is -2.27. The molecule has 0 bridgehead atoms. The molecule has 1 unspecified atom stereocenters. The van der Waals surface area contributed by atoms with E-state index >= 15 is 0 Å². The number of fused-ring (bicyclic) bond motifs is 1. The molecule has 1 aliphatic carbocycles. The summed E-state index contributed by atoms with van der Waals surface area (Å²) in [5.74, 6) is 0.436. The summed E-state index contributed by atoms with van der Waals surface area (Å²) in [6, 6.07) is 14.4. The Hall–Kier alpha value is -3.72. The van der Waals surface area contributed by atoms with E-state index in [0.717, 1.165) is 53.5 Å². The highest BCUT2D eigenvalue weighted by atomic mass is 16.5. The van der Waals surface area contributed by atoms with E-state index in [-0.39, 0.29) is 6.04 Å². The molecule has 9 heteroatoms. The quantitative estimate of drug-likeness (QED) is 0.335. The highest BCUT2D eigenvalue weighted by molar-refractivity contribution is 5.84. The first kappa shape index (κ1) is 23.0. The molecule has 0 amide bonds. The van der Waals surface area contributed by atoms with Gasteiger partial charge in [-0.1, -0.05) is 49.6 Å². The Balaban J connectivity index is 1.49. The van der Waals surface area contributed by atoms with Crippen LogP contribution in [0.3, 0.4) is 0 Å². The molecule has 5 rings (SSSR count). The van der Waals surface area contributed by atoms with Crippen LogP contribution in [0.1, 0.15) is 61.1 Å². The number of benzene rings is 2. The van der Waals surface area contributed by atoms with Crippen molar-refractivity contribution in [3.63, 3.8) is 0 Å². The number of carbonyl (C=O) groups is 1. The molecule has 2 aromatic carbocycles. The third-order valence-electron chi connectivity index (χ3n) is 6.91. The fourth-order valence-electron chi connectivity index (χ4n) is 5.03. The first-order valence-electron chi connectivity index (χ1n) is 12.1. The Morgan fingerprint density at radius 3 is 2.69 bits per heavy atom. The largest absolute Gasteiger partial charge is 0.497 e.